The summed E-state index contributed by atoms with van der Waals surface area (Å²) in [4.78, 5) is 14.0. The first-order chi connectivity index (χ1) is 13.7. The van der Waals surface area contributed by atoms with Gasteiger partial charge in [0.1, 0.15) is 5.82 Å². The molecule has 1 aliphatic heterocycles. The first-order valence-electron chi connectivity index (χ1n) is 11.2. The van der Waals surface area contributed by atoms with Crippen LogP contribution >= 0.6 is 0 Å². The molecule has 0 bridgehead atoms. The summed E-state index contributed by atoms with van der Waals surface area (Å²) < 4.78 is 14.7. The van der Waals surface area contributed by atoms with Crippen molar-refractivity contribution in [1.82, 2.24) is 10.4 Å². The zero-order chi connectivity index (χ0) is 21.6. The van der Waals surface area contributed by atoms with Gasteiger partial charge >= 0.3 is 0 Å². The molecule has 164 valence electrons. The molecule has 2 unspecified atom stereocenters. The third-order valence-electron chi connectivity index (χ3n) is 6.29. The summed E-state index contributed by atoms with van der Waals surface area (Å²) in [6, 6.07) is 2.94. The molecule has 0 radical (unpaired) electrons. The molecule has 1 heterocycles. The van der Waals surface area contributed by atoms with Crippen LogP contribution in [0.5, 0.6) is 0 Å². The van der Waals surface area contributed by atoms with Gasteiger partial charge in [-0.3, -0.25) is 14.9 Å². The van der Waals surface area contributed by atoms with Crippen molar-refractivity contribution in [2.45, 2.75) is 73.3 Å². The molecule has 0 saturated heterocycles. The molecule has 2 N–H and O–H groups in total. The van der Waals surface area contributed by atoms with E-state index in [1.165, 1.54) is 31.7 Å². The second-order valence-corrected chi connectivity index (χ2v) is 9.61. The number of amides is 1. The highest BCUT2D eigenvalue weighted by atomic mass is 19.1. The number of nitrogens with one attached hydrogen (secondary N) is 1. The third-order valence-corrected chi connectivity index (χ3v) is 6.29. The Morgan fingerprint density at radius 2 is 1.90 bits per heavy atom. The van der Waals surface area contributed by atoms with Crippen LogP contribution in [0.25, 0.3) is 0 Å². The minimum absolute atomic E-state index is 0.175. The van der Waals surface area contributed by atoms with Crippen LogP contribution in [0.1, 0.15) is 81.8 Å². The average molecular weight is 407 g/mol. The molecule has 1 aliphatic rings. The number of fused-ring (bicyclic) bond motifs is 1. The Balaban J connectivity index is 2.05. The van der Waals surface area contributed by atoms with Gasteiger partial charge in [0.05, 0.1) is 0 Å². The highest BCUT2D eigenvalue weighted by Crippen LogP contribution is 2.29. The Morgan fingerprint density at radius 1 is 1.17 bits per heavy atom. The lowest BCUT2D eigenvalue weighted by molar-refractivity contribution is 0.0705. The largest absolute Gasteiger partial charge is 0.298 e. The summed E-state index contributed by atoms with van der Waals surface area (Å²) in [6.45, 7) is 14.0. The van der Waals surface area contributed by atoms with Gasteiger partial charge in [0.15, 0.2) is 0 Å². The zero-order valence-electron chi connectivity index (χ0n) is 18.8. The van der Waals surface area contributed by atoms with Crippen LogP contribution in [0.2, 0.25) is 0 Å². The molecule has 1 amide bonds. The highest BCUT2D eigenvalue weighted by molar-refractivity contribution is 5.93. The van der Waals surface area contributed by atoms with Crippen molar-refractivity contribution < 1.29 is 14.4 Å². The smallest absolute Gasteiger partial charge is 0.274 e. The lowest BCUT2D eigenvalue weighted by atomic mass is 9.83. The van der Waals surface area contributed by atoms with E-state index in [1.54, 1.807) is 11.5 Å². The van der Waals surface area contributed by atoms with E-state index in [0.29, 0.717) is 29.9 Å². The van der Waals surface area contributed by atoms with Crippen LogP contribution in [0.4, 0.5) is 4.39 Å². The van der Waals surface area contributed by atoms with Gasteiger partial charge < -0.3 is 0 Å². The fourth-order valence-corrected chi connectivity index (χ4v) is 4.82. The van der Waals surface area contributed by atoms with Crippen molar-refractivity contribution in [1.29, 1.82) is 0 Å². The molecular weight excluding hydrogens is 367 g/mol. The van der Waals surface area contributed by atoms with Crippen LogP contribution in [0, 0.1) is 29.5 Å². The summed E-state index contributed by atoms with van der Waals surface area (Å²) >= 11 is 0. The average Bonchev–Trinajstić information content (AvgIpc) is 2.66. The van der Waals surface area contributed by atoms with Gasteiger partial charge in [0.25, 0.3) is 5.91 Å². The Labute approximate surface area is 175 Å². The molecule has 2 rings (SSSR count). The van der Waals surface area contributed by atoms with Gasteiger partial charge in [-0.05, 0) is 67.1 Å². The Hall–Kier alpha value is -1.46. The molecule has 0 aliphatic carbocycles. The number of hydrogen-bond donors (Lipinski definition) is 2. The fourth-order valence-electron chi connectivity index (χ4n) is 4.82. The maximum absolute atomic E-state index is 14.7. The molecule has 5 heteroatoms. The van der Waals surface area contributed by atoms with Crippen LogP contribution < -0.4 is 5.48 Å². The van der Waals surface area contributed by atoms with E-state index in [9.17, 15) is 9.18 Å². The topological polar surface area (TPSA) is 52.6 Å². The van der Waals surface area contributed by atoms with Crippen LogP contribution in [0.15, 0.2) is 12.1 Å². The number of rotatable bonds is 10. The fraction of sp³-hybridized carbons (Fsp3) is 0.708. The van der Waals surface area contributed by atoms with Crippen molar-refractivity contribution in [3.8, 4) is 0 Å². The predicted octanol–water partition coefficient (Wildman–Crippen LogP) is 5.43. The van der Waals surface area contributed by atoms with E-state index in [4.69, 9.17) is 5.21 Å². The molecule has 0 saturated carbocycles. The van der Waals surface area contributed by atoms with E-state index in [2.05, 4.69) is 39.5 Å². The number of nitrogens with zero attached hydrogens (tertiary/aromatic N) is 1. The van der Waals surface area contributed by atoms with Gasteiger partial charge in [0, 0.05) is 30.8 Å². The summed E-state index contributed by atoms with van der Waals surface area (Å²) in [5.74, 6) is 1.74. The minimum Gasteiger partial charge on any atom is -0.298 e. The first kappa shape index (κ1) is 23.8. The van der Waals surface area contributed by atoms with Crippen LogP contribution in [-0.4, -0.2) is 29.1 Å². The Kier molecular flexibility index (Phi) is 9.09. The van der Waals surface area contributed by atoms with Gasteiger partial charge in [-0.1, -0.05) is 41.0 Å². The molecule has 29 heavy (non-hydrogen) atoms. The van der Waals surface area contributed by atoms with E-state index < -0.39 is 5.91 Å². The van der Waals surface area contributed by atoms with E-state index in [-0.39, 0.29) is 11.4 Å². The molecule has 0 spiro atoms. The minimum atomic E-state index is -0.665. The van der Waals surface area contributed by atoms with Gasteiger partial charge in [0.2, 0.25) is 0 Å². The lowest BCUT2D eigenvalue weighted by Crippen LogP contribution is -2.36. The number of carbonyl (C=O) groups excluding carboxylic acids is 1. The third kappa shape index (κ3) is 7.07. The second-order valence-electron chi connectivity index (χ2n) is 9.61. The molecular formula is C24H39FN2O2. The summed E-state index contributed by atoms with van der Waals surface area (Å²) in [5, 5.41) is 8.81. The molecule has 0 aromatic heterocycles. The van der Waals surface area contributed by atoms with Gasteiger partial charge in [-0.15, -0.1) is 0 Å². The standard InChI is InChI=1S/C24H39FN2O2/c1-6-17(4)10-18(5)11-19(9-16(2)3)14-27-8-7-20-12-21(24(28)26-29)13-23(25)22(20)15-27/h12-13,16-19,29H,6-11,14-15H2,1-5H3,(H,26,28)/t17?,18-,19?/m0/s1. The summed E-state index contributed by atoms with van der Waals surface area (Å²) in [6.07, 6.45) is 5.67. The first-order valence-corrected chi connectivity index (χ1v) is 11.2. The lowest BCUT2D eigenvalue weighted by Gasteiger charge is -2.34. The van der Waals surface area contributed by atoms with Gasteiger partial charge in [-0.2, -0.15) is 0 Å². The quantitative estimate of drug-likeness (QED) is 0.402. The monoisotopic (exact) mass is 406 g/mol. The number of carbonyl (C=O) groups is 1. The van der Waals surface area contributed by atoms with Crippen LogP contribution in [-0.2, 0) is 13.0 Å². The maximum Gasteiger partial charge on any atom is 0.274 e. The Bertz CT molecular complexity index is 677. The summed E-state index contributed by atoms with van der Waals surface area (Å²) in [7, 11) is 0. The second kappa shape index (κ2) is 11.1. The number of hydroxylamine groups is 1. The van der Waals surface area contributed by atoms with E-state index in [0.717, 1.165) is 31.0 Å². The highest BCUT2D eigenvalue weighted by Gasteiger charge is 2.25. The van der Waals surface area contributed by atoms with Crippen molar-refractivity contribution in [2.24, 2.45) is 23.7 Å². The predicted molar refractivity (Wildman–Crippen MR) is 115 cm³/mol. The van der Waals surface area contributed by atoms with Crippen molar-refractivity contribution in [2.75, 3.05) is 13.1 Å². The van der Waals surface area contributed by atoms with E-state index in [1.807, 2.05) is 0 Å². The normalized spacial score (nSPS) is 17.7. The molecule has 1 aromatic carbocycles. The van der Waals surface area contributed by atoms with E-state index >= 15 is 0 Å². The molecule has 1 aromatic rings. The van der Waals surface area contributed by atoms with Crippen molar-refractivity contribution >= 4 is 5.91 Å². The number of halogens is 1. The maximum atomic E-state index is 14.7. The van der Waals surface area contributed by atoms with Crippen molar-refractivity contribution in [3.05, 3.63) is 34.6 Å². The number of benzene rings is 1. The van der Waals surface area contributed by atoms with Gasteiger partial charge in [-0.25, -0.2) is 9.87 Å². The molecule has 3 atom stereocenters. The molecule has 4 nitrogen and oxygen atoms in total. The van der Waals surface area contributed by atoms with Crippen LogP contribution in [0.3, 0.4) is 0 Å². The molecule has 0 fully saturated rings. The SMILES string of the molecule is CCC(C)C[C@H](C)CC(CC(C)C)CN1CCc2cc(C(=O)NO)cc(F)c2C1. The Morgan fingerprint density at radius 3 is 2.52 bits per heavy atom. The number of hydrogen-bond acceptors (Lipinski definition) is 3. The zero-order valence-corrected chi connectivity index (χ0v) is 18.8. The summed E-state index contributed by atoms with van der Waals surface area (Å²) in [5.41, 5.74) is 3.34. The van der Waals surface area contributed by atoms with Crippen molar-refractivity contribution in [3.63, 3.8) is 0 Å².